The molecule has 0 aromatic carbocycles. The number of fused-ring (bicyclic) bond motifs is 1. The van der Waals surface area contributed by atoms with Gasteiger partial charge in [0.2, 0.25) is 5.69 Å². The van der Waals surface area contributed by atoms with Gasteiger partial charge in [0.15, 0.2) is 12.5 Å². The molecule has 2 rings (SSSR count). The SMILES string of the molecule is [O-]c1on[n+]2c1C(C(F)F)CCC2. The van der Waals surface area contributed by atoms with E-state index in [0.29, 0.717) is 19.4 Å². The number of aryl methyl sites for hydroxylation is 1. The minimum Gasteiger partial charge on any atom is -0.539 e. The number of halogens is 2. The predicted molar refractivity (Wildman–Crippen MR) is 34.1 cm³/mol. The minimum atomic E-state index is -2.52. The summed E-state index contributed by atoms with van der Waals surface area (Å²) in [4.78, 5) is 0. The molecule has 4 nitrogen and oxygen atoms in total. The van der Waals surface area contributed by atoms with E-state index in [1.807, 2.05) is 0 Å². The lowest BCUT2D eigenvalue weighted by molar-refractivity contribution is -0.774. The lowest BCUT2D eigenvalue weighted by Gasteiger charge is -2.15. The van der Waals surface area contributed by atoms with Crippen molar-refractivity contribution in [3.63, 3.8) is 0 Å². The third-order valence-corrected chi connectivity index (χ3v) is 2.25. The Labute approximate surface area is 72.7 Å². The Bertz CT molecular complexity index is 313. The third kappa shape index (κ3) is 1.26. The Morgan fingerprint density at radius 1 is 1.62 bits per heavy atom. The van der Waals surface area contributed by atoms with E-state index in [1.54, 1.807) is 0 Å². The molecule has 0 saturated carbocycles. The van der Waals surface area contributed by atoms with Gasteiger partial charge in [0.25, 0.3) is 6.43 Å². The highest BCUT2D eigenvalue weighted by atomic mass is 19.3. The zero-order valence-electron chi connectivity index (χ0n) is 6.74. The molecule has 0 saturated heterocycles. The molecule has 1 aliphatic rings. The molecule has 1 aromatic rings. The van der Waals surface area contributed by atoms with Gasteiger partial charge in [-0.2, -0.15) is 0 Å². The maximum absolute atomic E-state index is 12.4. The molecule has 0 aliphatic carbocycles. The Morgan fingerprint density at radius 2 is 2.38 bits per heavy atom. The molecule has 13 heavy (non-hydrogen) atoms. The lowest BCUT2D eigenvalue weighted by Crippen LogP contribution is -2.45. The molecule has 1 atom stereocenters. The first kappa shape index (κ1) is 8.40. The molecule has 1 aromatic heterocycles. The predicted octanol–water partition coefficient (Wildman–Crippen LogP) is 0.178. The van der Waals surface area contributed by atoms with E-state index in [4.69, 9.17) is 0 Å². The Hall–Kier alpha value is -1.20. The van der Waals surface area contributed by atoms with Crippen LogP contribution in [0.15, 0.2) is 4.52 Å². The number of rotatable bonds is 1. The van der Waals surface area contributed by atoms with Gasteiger partial charge in [-0.1, -0.05) is 4.68 Å². The number of alkyl halides is 2. The highest BCUT2D eigenvalue weighted by Gasteiger charge is 2.37. The van der Waals surface area contributed by atoms with Crippen LogP contribution in [0.1, 0.15) is 24.5 Å². The molecule has 1 aliphatic heterocycles. The number of hydrogen-bond acceptors (Lipinski definition) is 3. The van der Waals surface area contributed by atoms with Crippen LogP contribution in [0, 0.1) is 0 Å². The summed E-state index contributed by atoms with van der Waals surface area (Å²) >= 11 is 0. The summed E-state index contributed by atoms with van der Waals surface area (Å²) in [5.41, 5.74) is 0.0150. The summed E-state index contributed by atoms with van der Waals surface area (Å²) in [5, 5.41) is 14.4. The van der Waals surface area contributed by atoms with Crippen molar-refractivity contribution in [2.45, 2.75) is 31.7 Å². The molecule has 2 heterocycles. The van der Waals surface area contributed by atoms with E-state index in [-0.39, 0.29) is 5.69 Å². The fourth-order valence-corrected chi connectivity index (χ4v) is 1.63. The number of aromatic nitrogens is 2. The zero-order chi connectivity index (χ0) is 9.42. The Balaban J connectivity index is 2.40. The van der Waals surface area contributed by atoms with Crippen molar-refractivity contribution in [1.29, 1.82) is 0 Å². The largest absolute Gasteiger partial charge is 0.539 e. The fourth-order valence-electron chi connectivity index (χ4n) is 1.63. The van der Waals surface area contributed by atoms with Gasteiger partial charge in [-0.15, -0.1) is 0 Å². The van der Waals surface area contributed by atoms with Crippen LogP contribution in [0.5, 0.6) is 5.95 Å². The van der Waals surface area contributed by atoms with Crippen LogP contribution in [0.4, 0.5) is 8.78 Å². The molecule has 0 bridgehead atoms. The monoisotopic (exact) mass is 190 g/mol. The second-order valence-electron chi connectivity index (χ2n) is 3.05. The molecular weight excluding hydrogens is 182 g/mol. The van der Waals surface area contributed by atoms with E-state index in [2.05, 4.69) is 9.79 Å². The van der Waals surface area contributed by atoms with Crippen LogP contribution in [0.25, 0.3) is 0 Å². The zero-order valence-corrected chi connectivity index (χ0v) is 6.74. The van der Waals surface area contributed by atoms with Gasteiger partial charge in [0.05, 0.1) is 5.27 Å². The second-order valence-corrected chi connectivity index (χ2v) is 3.05. The van der Waals surface area contributed by atoms with E-state index in [9.17, 15) is 13.9 Å². The fraction of sp³-hybridized carbons (Fsp3) is 0.714. The van der Waals surface area contributed by atoms with Gasteiger partial charge in [-0.25, -0.2) is 8.78 Å². The number of nitrogens with zero attached hydrogens (tertiary/aromatic N) is 2. The molecule has 1 unspecified atom stereocenters. The van der Waals surface area contributed by atoms with E-state index in [0.717, 1.165) is 0 Å². The van der Waals surface area contributed by atoms with Gasteiger partial charge in [0, 0.05) is 6.42 Å². The van der Waals surface area contributed by atoms with Crippen molar-refractivity contribution in [1.82, 2.24) is 5.27 Å². The van der Waals surface area contributed by atoms with Crippen molar-refractivity contribution in [3.05, 3.63) is 5.69 Å². The molecule has 0 radical (unpaired) electrons. The maximum atomic E-state index is 12.4. The Kier molecular flexibility index (Phi) is 1.90. The van der Waals surface area contributed by atoms with E-state index >= 15 is 0 Å². The molecule has 72 valence electrons. The highest BCUT2D eigenvalue weighted by Crippen LogP contribution is 2.32. The van der Waals surface area contributed by atoms with Crippen LogP contribution < -0.4 is 9.79 Å². The summed E-state index contributed by atoms with van der Waals surface area (Å²) in [6.07, 6.45) is -1.58. The van der Waals surface area contributed by atoms with Crippen molar-refractivity contribution in [3.8, 4) is 5.95 Å². The van der Waals surface area contributed by atoms with Crippen molar-refractivity contribution < 1.29 is 23.1 Å². The third-order valence-electron chi connectivity index (χ3n) is 2.25. The first-order valence-corrected chi connectivity index (χ1v) is 4.05. The van der Waals surface area contributed by atoms with Gasteiger partial charge >= 0.3 is 0 Å². The average molecular weight is 190 g/mol. The van der Waals surface area contributed by atoms with Gasteiger partial charge < -0.3 is 9.63 Å². The van der Waals surface area contributed by atoms with Crippen molar-refractivity contribution in [2.75, 3.05) is 0 Å². The Morgan fingerprint density at radius 3 is 3.08 bits per heavy atom. The lowest BCUT2D eigenvalue weighted by atomic mass is 9.97. The summed E-state index contributed by atoms with van der Waals surface area (Å²) in [6, 6.07) is 0. The summed E-state index contributed by atoms with van der Waals surface area (Å²) in [6.45, 7) is 0.490. The summed E-state index contributed by atoms with van der Waals surface area (Å²) in [5.74, 6) is -1.74. The molecule has 0 fully saturated rings. The van der Waals surface area contributed by atoms with E-state index in [1.165, 1.54) is 4.68 Å². The highest BCUT2D eigenvalue weighted by molar-refractivity contribution is 5.11. The van der Waals surface area contributed by atoms with Gasteiger partial charge in [-0.05, 0) is 6.42 Å². The quantitative estimate of drug-likeness (QED) is 0.593. The smallest absolute Gasteiger partial charge is 0.251 e. The van der Waals surface area contributed by atoms with Crippen LogP contribution in [0.3, 0.4) is 0 Å². The van der Waals surface area contributed by atoms with Gasteiger partial charge in [-0.3, -0.25) is 0 Å². The average Bonchev–Trinajstić information content (AvgIpc) is 2.48. The first-order chi connectivity index (χ1) is 6.20. The molecule has 6 heteroatoms. The maximum Gasteiger partial charge on any atom is 0.251 e. The van der Waals surface area contributed by atoms with Crippen LogP contribution in [-0.2, 0) is 6.54 Å². The molecular formula is C7H8F2N2O2. The standard InChI is InChI=1S/C7H8F2N2O2/c8-6(9)4-2-1-3-11-5(4)7(12)13-10-11/h4,6H,1-3H2. The second kappa shape index (κ2) is 2.93. The van der Waals surface area contributed by atoms with Crippen molar-refractivity contribution >= 4 is 0 Å². The number of hydrogen-bond donors (Lipinski definition) is 0. The molecule has 0 N–H and O–H groups in total. The van der Waals surface area contributed by atoms with E-state index < -0.39 is 18.3 Å². The van der Waals surface area contributed by atoms with Crippen LogP contribution in [-0.4, -0.2) is 11.7 Å². The summed E-state index contributed by atoms with van der Waals surface area (Å²) in [7, 11) is 0. The summed E-state index contributed by atoms with van der Waals surface area (Å²) < 4.78 is 30.4. The molecule has 0 spiro atoms. The van der Waals surface area contributed by atoms with Crippen molar-refractivity contribution in [2.24, 2.45) is 0 Å². The first-order valence-electron chi connectivity index (χ1n) is 4.05. The van der Waals surface area contributed by atoms with Crippen LogP contribution in [0.2, 0.25) is 0 Å². The van der Waals surface area contributed by atoms with Crippen LogP contribution >= 0.6 is 0 Å². The normalized spacial score (nSPS) is 21.9. The minimum absolute atomic E-state index is 0.0150. The van der Waals surface area contributed by atoms with Gasteiger partial charge in [0.1, 0.15) is 5.92 Å². The molecule has 0 amide bonds. The topological polar surface area (TPSA) is 53.0 Å².